The van der Waals surface area contributed by atoms with Gasteiger partial charge in [-0.25, -0.2) is 0 Å². The standard InChI is InChI=1S/C16H24N2O2/c1-12-11-13(7-8-15(12)17)16(19)18-9-10-20-14-5-3-2-4-6-14/h7-8,11,14H,2-6,9-10,17H2,1H3,(H,18,19). The van der Waals surface area contributed by atoms with Crippen LogP contribution >= 0.6 is 0 Å². The highest BCUT2D eigenvalue weighted by Gasteiger charge is 2.13. The minimum absolute atomic E-state index is 0.0691. The first kappa shape index (κ1) is 14.9. The molecule has 0 saturated heterocycles. The number of nitrogens with two attached hydrogens (primary N) is 1. The molecule has 1 aromatic rings. The van der Waals surface area contributed by atoms with Crippen molar-refractivity contribution in [2.45, 2.75) is 45.1 Å². The maximum Gasteiger partial charge on any atom is 0.251 e. The van der Waals surface area contributed by atoms with Gasteiger partial charge in [0.2, 0.25) is 0 Å². The van der Waals surface area contributed by atoms with E-state index < -0.39 is 0 Å². The van der Waals surface area contributed by atoms with Crippen molar-refractivity contribution in [1.82, 2.24) is 5.32 Å². The largest absolute Gasteiger partial charge is 0.399 e. The molecule has 4 nitrogen and oxygen atoms in total. The summed E-state index contributed by atoms with van der Waals surface area (Å²) in [5, 5.41) is 2.88. The lowest BCUT2D eigenvalue weighted by Gasteiger charge is -2.22. The van der Waals surface area contributed by atoms with E-state index in [1.54, 1.807) is 12.1 Å². The Balaban J connectivity index is 1.70. The summed E-state index contributed by atoms with van der Waals surface area (Å²) in [7, 11) is 0. The van der Waals surface area contributed by atoms with Crippen LogP contribution in [0.1, 0.15) is 48.0 Å². The van der Waals surface area contributed by atoms with Crippen molar-refractivity contribution in [3.8, 4) is 0 Å². The Morgan fingerprint density at radius 2 is 2.10 bits per heavy atom. The molecule has 0 aliphatic heterocycles. The predicted octanol–water partition coefficient (Wildman–Crippen LogP) is 2.66. The molecule has 0 bridgehead atoms. The third-order valence-corrected chi connectivity index (χ3v) is 3.83. The molecule has 1 aliphatic rings. The van der Waals surface area contributed by atoms with Crippen molar-refractivity contribution in [1.29, 1.82) is 0 Å². The van der Waals surface area contributed by atoms with E-state index in [-0.39, 0.29) is 5.91 Å². The van der Waals surface area contributed by atoms with Crippen molar-refractivity contribution in [3.05, 3.63) is 29.3 Å². The molecule has 0 aromatic heterocycles. The number of ether oxygens (including phenoxy) is 1. The van der Waals surface area contributed by atoms with Crippen LogP contribution in [0.2, 0.25) is 0 Å². The van der Waals surface area contributed by atoms with Crippen molar-refractivity contribution in [2.24, 2.45) is 0 Å². The molecule has 0 unspecified atom stereocenters. The fourth-order valence-corrected chi connectivity index (χ4v) is 2.54. The highest BCUT2D eigenvalue weighted by atomic mass is 16.5. The Morgan fingerprint density at radius 1 is 1.35 bits per heavy atom. The molecule has 0 spiro atoms. The highest BCUT2D eigenvalue weighted by Crippen LogP contribution is 2.19. The van der Waals surface area contributed by atoms with Gasteiger partial charge in [0.05, 0.1) is 12.7 Å². The van der Waals surface area contributed by atoms with Crippen molar-refractivity contribution >= 4 is 11.6 Å². The predicted molar refractivity (Wildman–Crippen MR) is 80.7 cm³/mol. The van der Waals surface area contributed by atoms with Crippen molar-refractivity contribution in [2.75, 3.05) is 18.9 Å². The first-order valence-corrected chi connectivity index (χ1v) is 7.43. The second-order valence-electron chi connectivity index (χ2n) is 5.46. The second-order valence-corrected chi connectivity index (χ2v) is 5.46. The summed E-state index contributed by atoms with van der Waals surface area (Å²) in [6.45, 7) is 3.04. The minimum Gasteiger partial charge on any atom is -0.399 e. The first-order chi connectivity index (χ1) is 9.66. The van der Waals surface area contributed by atoms with Crippen LogP contribution in [0.15, 0.2) is 18.2 Å². The van der Waals surface area contributed by atoms with Crippen LogP contribution in [0.5, 0.6) is 0 Å². The van der Waals surface area contributed by atoms with E-state index in [4.69, 9.17) is 10.5 Å². The van der Waals surface area contributed by atoms with Crippen LogP contribution in [-0.2, 0) is 4.74 Å². The molecule has 1 saturated carbocycles. The summed E-state index contributed by atoms with van der Waals surface area (Å²) in [6.07, 6.45) is 6.56. The van der Waals surface area contributed by atoms with Crippen molar-refractivity contribution in [3.63, 3.8) is 0 Å². The quantitative estimate of drug-likeness (QED) is 0.642. The van der Waals surface area contributed by atoms with E-state index in [1.807, 2.05) is 13.0 Å². The van der Waals surface area contributed by atoms with Gasteiger partial charge in [-0.3, -0.25) is 4.79 Å². The smallest absolute Gasteiger partial charge is 0.251 e. The summed E-state index contributed by atoms with van der Waals surface area (Å²) >= 11 is 0. The van der Waals surface area contributed by atoms with Crippen LogP contribution in [0.3, 0.4) is 0 Å². The summed E-state index contributed by atoms with van der Waals surface area (Å²) in [5.41, 5.74) is 8.03. The maximum atomic E-state index is 12.0. The molecule has 0 atom stereocenters. The second kappa shape index (κ2) is 7.29. The maximum absolute atomic E-state index is 12.0. The zero-order valence-corrected chi connectivity index (χ0v) is 12.2. The normalized spacial score (nSPS) is 16.1. The van der Waals surface area contributed by atoms with Gasteiger partial charge in [-0.05, 0) is 43.5 Å². The number of amides is 1. The Labute approximate surface area is 120 Å². The van der Waals surface area contributed by atoms with Crippen molar-refractivity contribution < 1.29 is 9.53 Å². The molecule has 1 fully saturated rings. The minimum atomic E-state index is -0.0691. The molecule has 3 N–H and O–H groups in total. The average Bonchev–Trinajstić information content (AvgIpc) is 2.47. The molecule has 0 heterocycles. The Kier molecular flexibility index (Phi) is 5.41. The van der Waals surface area contributed by atoms with Gasteiger partial charge in [-0.2, -0.15) is 0 Å². The van der Waals surface area contributed by atoms with Gasteiger partial charge in [0, 0.05) is 17.8 Å². The van der Waals surface area contributed by atoms with E-state index in [2.05, 4.69) is 5.32 Å². The average molecular weight is 276 g/mol. The fourth-order valence-electron chi connectivity index (χ4n) is 2.54. The number of carbonyl (C=O) groups is 1. The molecular weight excluding hydrogens is 252 g/mol. The number of anilines is 1. The Bertz CT molecular complexity index is 454. The van der Waals surface area contributed by atoms with Gasteiger partial charge >= 0.3 is 0 Å². The lowest BCUT2D eigenvalue weighted by atomic mass is 9.98. The zero-order valence-electron chi connectivity index (χ0n) is 12.2. The third-order valence-electron chi connectivity index (χ3n) is 3.83. The number of hydrogen-bond acceptors (Lipinski definition) is 3. The Morgan fingerprint density at radius 3 is 2.80 bits per heavy atom. The zero-order chi connectivity index (χ0) is 14.4. The SMILES string of the molecule is Cc1cc(C(=O)NCCOC2CCCCC2)ccc1N. The molecule has 4 heteroatoms. The molecule has 20 heavy (non-hydrogen) atoms. The molecule has 1 aromatic carbocycles. The lowest BCUT2D eigenvalue weighted by molar-refractivity contribution is 0.0299. The molecule has 2 rings (SSSR count). The number of nitrogen functional groups attached to an aromatic ring is 1. The van der Waals surface area contributed by atoms with Gasteiger partial charge in [0.25, 0.3) is 5.91 Å². The van der Waals surface area contributed by atoms with Gasteiger partial charge in [0.1, 0.15) is 0 Å². The van der Waals surface area contributed by atoms with Gasteiger partial charge in [0.15, 0.2) is 0 Å². The summed E-state index contributed by atoms with van der Waals surface area (Å²) in [6, 6.07) is 5.33. The van der Waals surface area contributed by atoms with Gasteiger partial charge in [-0.15, -0.1) is 0 Å². The first-order valence-electron chi connectivity index (χ1n) is 7.43. The fraction of sp³-hybridized carbons (Fsp3) is 0.562. The number of carbonyl (C=O) groups excluding carboxylic acids is 1. The number of aryl methyl sites for hydroxylation is 1. The summed E-state index contributed by atoms with van der Waals surface area (Å²) < 4.78 is 5.78. The van der Waals surface area contributed by atoms with Crippen LogP contribution in [0.4, 0.5) is 5.69 Å². The highest BCUT2D eigenvalue weighted by molar-refractivity contribution is 5.94. The number of nitrogens with one attached hydrogen (secondary N) is 1. The van der Waals surface area contributed by atoms with Crippen LogP contribution in [-0.4, -0.2) is 25.2 Å². The van der Waals surface area contributed by atoms with Gasteiger partial charge < -0.3 is 15.8 Å². The number of benzene rings is 1. The number of hydrogen-bond donors (Lipinski definition) is 2. The van der Waals surface area contributed by atoms with E-state index in [1.165, 1.54) is 19.3 Å². The van der Waals surface area contributed by atoms with E-state index in [9.17, 15) is 4.79 Å². The molecule has 110 valence electrons. The lowest BCUT2D eigenvalue weighted by Crippen LogP contribution is -2.29. The van der Waals surface area contributed by atoms with E-state index in [0.29, 0.717) is 30.5 Å². The van der Waals surface area contributed by atoms with Crippen LogP contribution < -0.4 is 11.1 Å². The third kappa shape index (κ3) is 4.23. The molecular formula is C16H24N2O2. The monoisotopic (exact) mass is 276 g/mol. The number of rotatable bonds is 5. The Hall–Kier alpha value is -1.55. The topological polar surface area (TPSA) is 64.3 Å². The van der Waals surface area contributed by atoms with Crippen LogP contribution in [0.25, 0.3) is 0 Å². The molecule has 1 amide bonds. The van der Waals surface area contributed by atoms with Crippen LogP contribution in [0, 0.1) is 6.92 Å². The summed E-state index contributed by atoms with van der Waals surface area (Å²) in [4.78, 5) is 12.0. The van der Waals surface area contributed by atoms with E-state index in [0.717, 1.165) is 18.4 Å². The van der Waals surface area contributed by atoms with E-state index >= 15 is 0 Å². The molecule has 0 radical (unpaired) electrons. The molecule has 1 aliphatic carbocycles. The van der Waals surface area contributed by atoms with Gasteiger partial charge in [-0.1, -0.05) is 19.3 Å². The summed E-state index contributed by atoms with van der Waals surface area (Å²) in [5.74, 6) is -0.0691.